The van der Waals surface area contributed by atoms with Crippen LogP contribution in [0.2, 0.25) is 0 Å². The molecule has 1 N–H and O–H groups in total. The lowest BCUT2D eigenvalue weighted by atomic mass is 10.1. The molecule has 0 spiro atoms. The summed E-state index contributed by atoms with van der Waals surface area (Å²) >= 11 is 0. The van der Waals surface area contributed by atoms with Gasteiger partial charge in [0.25, 0.3) is 0 Å². The highest BCUT2D eigenvalue weighted by atomic mass is 127. The number of carbonyl (C=O) groups excluding carboxylic acids is 1. The largest absolute Gasteiger partial charge is 0.450 e. The van der Waals surface area contributed by atoms with E-state index < -0.39 is 0 Å². The molecule has 0 radical (unpaired) electrons. The summed E-state index contributed by atoms with van der Waals surface area (Å²) in [4.78, 5) is 24.6. The summed E-state index contributed by atoms with van der Waals surface area (Å²) in [5.41, 5.74) is 2.48. The van der Waals surface area contributed by atoms with Crippen molar-refractivity contribution >= 4 is 36.0 Å². The van der Waals surface area contributed by atoms with E-state index in [1.54, 1.807) is 4.90 Å². The molecule has 0 bridgehead atoms. The highest BCUT2D eigenvalue weighted by Crippen LogP contribution is 2.07. The van der Waals surface area contributed by atoms with Gasteiger partial charge in [-0.05, 0) is 44.4 Å². The molecule has 1 amide bonds. The molecule has 8 heteroatoms. The molecule has 1 fully saturated rings. The molecular weight excluding hydrogens is 445 g/mol. The number of hydrogen-bond acceptors (Lipinski definition) is 4. The normalized spacial score (nSPS) is 14.7. The number of aromatic nitrogens is 1. The van der Waals surface area contributed by atoms with Crippen molar-refractivity contribution in [2.24, 2.45) is 4.99 Å². The number of carbonyl (C=O) groups is 1. The molecule has 1 saturated heterocycles. The van der Waals surface area contributed by atoms with Crippen molar-refractivity contribution in [1.29, 1.82) is 0 Å². The van der Waals surface area contributed by atoms with E-state index in [2.05, 4.69) is 35.1 Å². The minimum absolute atomic E-state index is 0. The molecule has 2 heterocycles. The fraction of sp³-hybridized carbons (Fsp3) is 0.611. The molecule has 0 unspecified atom stereocenters. The standard InChI is InChI=1S/C18H29N5O2.HI/c1-4-20-17(21-9-7-16-6-8-19-14-15(16)3)22-10-12-23(13-11-22)18(24)25-5-2;/h6,8,14H,4-5,7,9-13H2,1-3H3,(H,20,21);1H. The number of ether oxygens (including phenoxy) is 1. The Hall–Kier alpha value is -1.58. The van der Waals surface area contributed by atoms with Crippen molar-refractivity contribution in [3.05, 3.63) is 29.6 Å². The first-order valence-corrected chi connectivity index (χ1v) is 9.00. The Labute approximate surface area is 173 Å². The third-order valence-electron chi connectivity index (χ3n) is 4.22. The van der Waals surface area contributed by atoms with Crippen LogP contribution in [0.15, 0.2) is 23.5 Å². The van der Waals surface area contributed by atoms with E-state index >= 15 is 0 Å². The first-order chi connectivity index (χ1) is 12.2. The Morgan fingerprint density at radius 1 is 1.27 bits per heavy atom. The maximum atomic E-state index is 11.8. The van der Waals surface area contributed by atoms with Crippen LogP contribution in [0, 0.1) is 6.92 Å². The summed E-state index contributed by atoms with van der Waals surface area (Å²) in [5, 5.41) is 3.35. The Morgan fingerprint density at radius 3 is 2.58 bits per heavy atom. The number of aliphatic imine (C=N–C) groups is 1. The highest BCUT2D eigenvalue weighted by Gasteiger charge is 2.23. The van der Waals surface area contributed by atoms with Gasteiger partial charge in [-0.2, -0.15) is 0 Å². The van der Waals surface area contributed by atoms with Gasteiger partial charge in [0, 0.05) is 51.7 Å². The molecule has 1 aromatic heterocycles. The van der Waals surface area contributed by atoms with Crippen LogP contribution < -0.4 is 5.32 Å². The van der Waals surface area contributed by atoms with Crippen LogP contribution >= 0.6 is 24.0 Å². The van der Waals surface area contributed by atoms with Gasteiger partial charge >= 0.3 is 6.09 Å². The zero-order chi connectivity index (χ0) is 18.1. The van der Waals surface area contributed by atoms with Crippen LogP contribution in [0.5, 0.6) is 0 Å². The average molecular weight is 475 g/mol. The van der Waals surface area contributed by atoms with Gasteiger partial charge in [-0.1, -0.05) is 0 Å². The molecule has 0 atom stereocenters. The molecule has 1 aromatic rings. The van der Waals surface area contributed by atoms with E-state index in [-0.39, 0.29) is 30.1 Å². The minimum Gasteiger partial charge on any atom is -0.450 e. The molecule has 26 heavy (non-hydrogen) atoms. The van der Waals surface area contributed by atoms with Crippen molar-refractivity contribution in [2.45, 2.75) is 27.2 Å². The lowest BCUT2D eigenvalue weighted by Crippen LogP contribution is -2.54. The van der Waals surface area contributed by atoms with Crippen LogP contribution in [0.4, 0.5) is 4.79 Å². The molecule has 0 aliphatic carbocycles. The molecule has 1 aliphatic rings. The molecule has 0 saturated carbocycles. The number of nitrogens with zero attached hydrogens (tertiary/aromatic N) is 4. The zero-order valence-corrected chi connectivity index (χ0v) is 18.2. The van der Waals surface area contributed by atoms with Gasteiger partial charge < -0.3 is 19.9 Å². The van der Waals surface area contributed by atoms with Crippen molar-refractivity contribution in [2.75, 3.05) is 45.9 Å². The average Bonchev–Trinajstić information content (AvgIpc) is 2.63. The fourth-order valence-corrected chi connectivity index (χ4v) is 2.81. The van der Waals surface area contributed by atoms with Crippen LogP contribution in [-0.4, -0.2) is 72.7 Å². The Morgan fingerprint density at radius 2 is 1.96 bits per heavy atom. The lowest BCUT2D eigenvalue weighted by Gasteiger charge is -2.35. The highest BCUT2D eigenvalue weighted by molar-refractivity contribution is 14.0. The van der Waals surface area contributed by atoms with Gasteiger partial charge in [0.15, 0.2) is 5.96 Å². The van der Waals surface area contributed by atoms with E-state index in [4.69, 9.17) is 9.73 Å². The number of guanidine groups is 1. The second-order valence-corrected chi connectivity index (χ2v) is 5.96. The second kappa shape index (κ2) is 11.9. The van der Waals surface area contributed by atoms with Crippen molar-refractivity contribution in [3.63, 3.8) is 0 Å². The Kier molecular flexibility index (Phi) is 10.3. The van der Waals surface area contributed by atoms with E-state index in [0.717, 1.165) is 38.6 Å². The molecule has 1 aliphatic heterocycles. The fourth-order valence-electron chi connectivity index (χ4n) is 2.81. The van der Waals surface area contributed by atoms with Gasteiger partial charge in [0.1, 0.15) is 0 Å². The van der Waals surface area contributed by atoms with E-state index in [9.17, 15) is 4.79 Å². The van der Waals surface area contributed by atoms with E-state index in [0.29, 0.717) is 19.7 Å². The summed E-state index contributed by atoms with van der Waals surface area (Å²) < 4.78 is 5.07. The number of pyridine rings is 1. The summed E-state index contributed by atoms with van der Waals surface area (Å²) in [5.74, 6) is 0.915. The van der Waals surface area contributed by atoms with Crippen LogP contribution in [0.1, 0.15) is 25.0 Å². The predicted molar refractivity (Wildman–Crippen MR) is 114 cm³/mol. The summed E-state index contributed by atoms with van der Waals surface area (Å²) in [7, 11) is 0. The smallest absolute Gasteiger partial charge is 0.409 e. The minimum atomic E-state index is -0.225. The van der Waals surface area contributed by atoms with Gasteiger partial charge in [-0.25, -0.2) is 4.79 Å². The maximum Gasteiger partial charge on any atom is 0.409 e. The van der Waals surface area contributed by atoms with Gasteiger partial charge in [-0.15, -0.1) is 24.0 Å². The topological polar surface area (TPSA) is 70.1 Å². The van der Waals surface area contributed by atoms with Crippen LogP contribution in [0.3, 0.4) is 0 Å². The third-order valence-corrected chi connectivity index (χ3v) is 4.22. The number of nitrogens with one attached hydrogen (secondary N) is 1. The Balaban J connectivity index is 0.00000338. The second-order valence-electron chi connectivity index (χ2n) is 5.96. The van der Waals surface area contributed by atoms with E-state index in [1.165, 1.54) is 11.1 Å². The quantitative estimate of drug-likeness (QED) is 0.402. The molecule has 7 nitrogen and oxygen atoms in total. The number of piperazine rings is 1. The summed E-state index contributed by atoms with van der Waals surface area (Å²) in [6.07, 6.45) is 4.38. The van der Waals surface area contributed by atoms with Crippen LogP contribution in [0.25, 0.3) is 0 Å². The monoisotopic (exact) mass is 475 g/mol. The number of halogens is 1. The number of rotatable bonds is 5. The summed E-state index contributed by atoms with van der Waals surface area (Å²) in [6.45, 7) is 10.8. The molecule has 2 rings (SSSR count). The first kappa shape index (κ1) is 22.5. The zero-order valence-electron chi connectivity index (χ0n) is 15.9. The lowest BCUT2D eigenvalue weighted by molar-refractivity contribution is 0.0914. The number of aryl methyl sites for hydroxylation is 1. The Bertz CT molecular complexity index is 589. The van der Waals surface area contributed by atoms with Gasteiger partial charge in [-0.3, -0.25) is 9.98 Å². The van der Waals surface area contributed by atoms with Gasteiger partial charge in [0.05, 0.1) is 6.61 Å². The summed E-state index contributed by atoms with van der Waals surface area (Å²) in [6, 6.07) is 2.05. The molecule has 0 aromatic carbocycles. The van der Waals surface area contributed by atoms with E-state index in [1.807, 2.05) is 19.3 Å². The number of hydrogen-bond donors (Lipinski definition) is 1. The first-order valence-electron chi connectivity index (χ1n) is 9.00. The molecular formula is C18H30IN5O2. The predicted octanol–water partition coefficient (Wildman–Crippen LogP) is 2.29. The number of amides is 1. The molecule has 146 valence electrons. The van der Waals surface area contributed by atoms with Crippen molar-refractivity contribution < 1.29 is 9.53 Å². The van der Waals surface area contributed by atoms with Crippen molar-refractivity contribution in [1.82, 2.24) is 20.1 Å². The van der Waals surface area contributed by atoms with Crippen LogP contribution in [-0.2, 0) is 11.2 Å². The SMILES string of the molecule is CCNC(=NCCc1ccncc1C)N1CCN(C(=O)OCC)CC1.I. The van der Waals surface area contributed by atoms with Crippen molar-refractivity contribution in [3.8, 4) is 0 Å². The van der Waals surface area contributed by atoms with Gasteiger partial charge in [0.2, 0.25) is 0 Å². The maximum absolute atomic E-state index is 11.8. The third kappa shape index (κ3) is 6.62.